The number of carbonyl (C=O) groups excluding carboxylic acids is 1. The van der Waals surface area contributed by atoms with Crippen molar-refractivity contribution >= 4 is 5.91 Å². The van der Waals surface area contributed by atoms with Crippen molar-refractivity contribution in [2.75, 3.05) is 7.11 Å². The maximum Gasteiger partial charge on any atom is 0.244 e. The molecule has 0 aliphatic rings. The monoisotopic (exact) mass is 417 g/mol. The van der Waals surface area contributed by atoms with Crippen molar-refractivity contribution in [3.05, 3.63) is 95.8 Å². The second-order valence-corrected chi connectivity index (χ2v) is 6.83. The summed E-state index contributed by atoms with van der Waals surface area (Å²) in [6, 6.07) is 22.6. The molecule has 156 valence electrons. The summed E-state index contributed by atoms with van der Waals surface area (Å²) in [6.07, 6.45) is 0. The van der Waals surface area contributed by atoms with Gasteiger partial charge in [-0.25, -0.2) is 4.39 Å². The molecule has 3 aromatic carbocycles. The van der Waals surface area contributed by atoms with Crippen molar-refractivity contribution in [2.45, 2.75) is 12.6 Å². The summed E-state index contributed by atoms with van der Waals surface area (Å²) in [4.78, 5) is 14.0. The van der Waals surface area contributed by atoms with Gasteiger partial charge in [0.1, 0.15) is 18.1 Å². The van der Waals surface area contributed by atoms with Gasteiger partial charge in [-0.05, 0) is 52.7 Å². The average molecular weight is 417 g/mol. The van der Waals surface area contributed by atoms with Crippen molar-refractivity contribution in [3.8, 4) is 17.1 Å². The van der Waals surface area contributed by atoms with Gasteiger partial charge in [0.2, 0.25) is 11.7 Å². The second kappa shape index (κ2) is 9.17. The number of halogens is 1. The van der Waals surface area contributed by atoms with E-state index in [1.54, 1.807) is 19.2 Å². The SMILES string of the molecule is COc1ccc([C@@H](NC(=O)Cn2nnc(-c3ccc(F)cc3)n2)c2ccccc2)cc1. The number of tetrazole rings is 1. The number of methoxy groups -OCH3 is 1. The van der Waals surface area contributed by atoms with E-state index < -0.39 is 0 Å². The fourth-order valence-electron chi connectivity index (χ4n) is 3.16. The van der Waals surface area contributed by atoms with E-state index in [4.69, 9.17) is 4.74 Å². The Kier molecular flexibility index (Phi) is 5.98. The zero-order valence-electron chi connectivity index (χ0n) is 16.8. The molecule has 1 heterocycles. The zero-order chi connectivity index (χ0) is 21.6. The molecule has 0 aliphatic heterocycles. The molecule has 0 radical (unpaired) electrons. The summed E-state index contributed by atoms with van der Waals surface area (Å²) in [7, 11) is 1.61. The molecule has 31 heavy (non-hydrogen) atoms. The molecule has 4 rings (SSSR count). The molecule has 4 aromatic rings. The smallest absolute Gasteiger partial charge is 0.244 e. The standard InChI is InChI=1S/C23H20FN5O2/c1-31-20-13-9-17(10-14-20)22(16-5-3-2-4-6-16)25-21(30)15-29-27-23(26-28-29)18-7-11-19(24)12-8-18/h2-14,22H,15H2,1H3,(H,25,30)/t22-/m0/s1. The molecule has 0 fully saturated rings. The lowest BCUT2D eigenvalue weighted by Crippen LogP contribution is -2.32. The molecule has 0 unspecified atom stereocenters. The number of amides is 1. The molecule has 1 N–H and O–H groups in total. The van der Waals surface area contributed by atoms with Crippen molar-refractivity contribution in [2.24, 2.45) is 0 Å². The quantitative estimate of drug-likeness (QED) is 0.498. The molecule has 8 heteroatoms. The van der Waals surface area contributed by atoms with Crippen LogP contribution >= 0.6 is 0 Å². The number of rotatable bonds is 7. The van der Waals surface area contributed by atoms with Crippen LogP contribution in [0, 0.1) is 5.82 Å². The molecular formula is C23H20FN5O2. The van der Waals surface area contributed by atoms with Gasteiger partial charge in [0.05, 0.1) is 13.2 Å². The molecule has 0 aliphatic carbocycles. The molecule has 1 aromatic heterocycles. The fourth-order valence-corrected chi connectivity index (χ4v) is 3.16. The number of benzene rings is 3. The highest BCUT2D eigenvalue weighted by atomic mass is 19.1. The topological polar surface area (TPSA) is 81.9 Å². The van der Waals surface area contributed by atoms with E-state index in [0.717, 1.165) is 16.9 Å². The normalized spacial score (nSPS) is 11.7. The highest BCUT2D eigenvalue weighted by molar-refractivity contribution is 5.76. The van der Waals surface area contributed by atoms with Gasteiger partial charge in [-0.2, -0.15) is 4.80 Å². The average Bonchev–Trinajstić information content (AvgIpc) is 3.27. The zero-order valence-corrected chi connectivity index (χ0v) is 16.8. The maximum atomic E-state index is 13.1. The number of carbonyl (C=O) groups is 1. The van der Waals surface area contributed by atoms with E-state index in [2.05, 4.69) is 20.7 Å². The summed E-state index contributed by atoms with van der Waals surface area (Å²) >= 11 is 0. The first-order valence-electron chi connectivity index (χ1n) is 9.64. The lowest BCUT2D eigenvalue weighted by molar-refractivity contribution is -0.122. The van der Waals surface area contributed by atoms with Gasteiger partial charge < -0.3 is 10.1 Å². The summed E-state index contributed by atoms with van der Waals surface area (Å²) in [5.74, 6) is 0.443. The van der Waals surface area contributed by atoms with Crippen LogP contribution in [0.25, 0.3) is 11.4 Å². The largest absolute Gasteiger partial charge is 0.497 e. The van der Waals surface area contributed by atoms with Gasteiger partial charge in [-0.15, -0.1) is 10.2 Å². The third-order valence-electron chi connectivity index (χ3n) is 4.73. The number of nitrogens with zero attached hydrogens (tertiary/aromatic N) is 4. The first-order valence-corrected chi connectivity index (χ1v) is 9.64. The lowest BCUT2D eigenvalue weighted by atomic mass is 9.98. The van der Waals surface area contributed by atoms with Crippen LogP contribution in [0.1, 0.15) is 17.2 Å². The Bertz CT molecular complexity index is 1140. The molecule has 1 amide bonds. The number of hydrogen-bond acceptors (Lipinski definition) is 5. The van der Waals surface area contributed by atoms with E-state index in [1.807, 2.05) is 54.6 Å². The predicted molar refractivity (Wildman–Crippen MR) is 113 cm³/mol. The Morgan fingerprint density at radius 3 is 2.35 bits per heavy atom. The Morgan fingerprint density at radius 2 is 1.68 bits per heavy atom. The number of nitrogens with one attached hydrogen (secondary N) is 1. The second-order valence-electron chi connectivity index (χ2n) is 6.83. The van der Waals surface area contributed by atoms with Crippen molar-refractivity contribution in [1.82, 2.24) is 25.5 Å². The Balaban J connectivity index is 1.50. The summed E-state index contributed by atoms with van der Waals surface area (Å²) < 4.78 is 18.3. The van der Waals surface area contributed by atoms with E-state index in [0.29, 0.717) is 11.4 Å². The minimum Gasteiger partial charge on any atom is -0.497 e. The van der Waals surface area contributed by atoms with Crippen molar-refractivity contribution in [3.63, 3.8) is 0 Å². The van der Waals surface area contributed by atoms with Crippen LogP contribution in [-0.4, -0.2) is 33.2 Å². The molecule has 0 spiro atoms. The van der Waals surface area contributed by atoms with Gasteiger partial charge in [-0.3, -0.25) is 4.79 Å². The minimum absolute atomic E-state index is 0.103. The lowest BCUT2D eigenvalue weighted by Gasteiger charge is -2.20. The number of hydrogen-bond donors (Lipinski definition) is 1. The van der Waals surface area contributed by atoms with Gasteiger partial charge in [0.15, 0.2) is 0 Å². The summed E-state index contributed by atoms with van der Waals surface area (Å²) in [5, 5.41) is 15.1. The fraction of sp³-hybridized carbons (Fsp3) is 0.130. The third-order valence-corrected chi connectivity index (χ3v) is 4.73. The number of aromatic nitrogens is 4. The van der Waals surface area contributed by atoms with E-state index in [1.165, 1.54) is 16.9 Å². The molecule has 0 bridgehead atoms. The van der Waals surface area contributed by atoms with Crippen LogP contribution in [0.15, 0.2) is 78.9 Å². The van der Waals surface area contributed by atoms with Gasteiger partial charge in [-0.1, -0.05) is 42.5 Å². The summed E-state index contributed by atoms with van der Waals surface area (Å²) in [5.41, 5.74) is 2.48. The Morgan fingerprint density at radius 1 is 1.00 bits per heavy atom. The van der Waals surface area contributed by atoms with Gasteiger partial charge in [0, 0.05) is 5.56 Å². The minimum atomic E-state index is -0.348. The van der Waals surface area contributed by atoms with Gasteiger partial charge in [0.25, 0.3) is 0 Å². The van der Waals surface area contributed by atoms with Crippen LogP contribution in [0.4, 0.5) is 4.39 Å². The van der Waals surface area contributed by atoms with Crippen LogP contribution in [0.5, 0.6) is 5.75 Å². The highest BCUT2D eigenvalue weighted by Crippen LogP contribution is 2.24. The Labute approximate surface area is 178 Å². The highest BCUT2D eigenvalue weighted by Gasteiger charge is 2.18. The number of ether oxygens (including phenoxy) is 1. The maximum absolute atomic E-state index is 13.1. The molecular weight excluding hydrogens is 397 g/mol. The van der Waals surface area contributed by atoms with Crippen LogP contribution in [-0.2, 0) is 11.3 Å². The Hall–Kier alpha value is -4.07. The first kappa shape index (κ1) is 20.2. The molecule has 7 nitrogen and oxygen atoms in total. The van der Waals surface area contributed by atoms with Crippen molar-refractivity contribution in [1.29, 1.82) is 0 Å². The van der Waals surface area contributed by atoms with Crippen LogP contribution in [0.3, 0.4) is 0 Å². The molecule has 1 atom stereocenters. The summed E-state index contributed by atoms with van der Waals surface area (Å²) in [6.45, 7) is -0.103. The predicted octanol–water partition coefficient (Wildman–Crippen LogP) is 3.39. The third kappa shape index (κ3) is 4.92. The van der Waals surface area contributed by atoms with E-state index in [9.17, 15) is 9.18 Å². The van der Waals surface area contributed by atoms with Crippen molar-refractivity contribution < 1.29 is 13.9 Å². The van der Waals surface area contributed by atoms with Crippen LogP contribution < -0.4 is 10.1 Å². The molecule has 0 saturated heterocycles. The van der Waals surface area contributed by atoms with Crippen LogP contribution in [0.2, 0.25) is 0 Å². The first-order chi connectivity index (χ1) is 15.1. The van der Waals surface area contributed by atoms with Gasteiger partial charge >= 0.3 is 0 Å². The molecule has 0 saturated carbocycles. The van der Waals surface area contributed by atoms with E-state index >= 15 is 0 Å². The van der Waals surface area contributed by atoms with E-state index in [-0.39, 0.29) is 24.3 Å².